The molecular formula is C18H19N3O4. The van der Waals surface area contributed by atoms with Crippen LogP contribution in [-0.4, -0.2) is 31.5 Å². The van der Waals surface area contributed by atoms with Crippen LogP contribution in [0.25, 0.3) is 11.4 Å². The van der Waals surface area contributed by atoms with Crippen molar-refractivity contribution in [3.05, 3.63) is 42.0 Å². The summed E-state index contributed by atoms with van der Waals surface area (Å²) in [6, 6.07) is 11.5. The van der Waals surface area contributed by atoms with Crippen LogP contribution < -0.4 is 19.5 Å². The summed E-state index contributed by atoms with van der Waals surface area (Å²) in [7, 11) is 4.77. The van der Waals surface area contributed by atoms with Crippen molar-refractivity contribution in [3.8, 4) is 28.6 Å². The number of nitrogens with one attached hydrogen (secondary N) is 1. The normalized spacial score (nSPS) is 10.4. The van der Waals surface area contributed by atoms with E-state index >= 15 is 0 Å². The lowest BCUT2D eigenvalue weighted by Crippen LogP contribution is -1.95. The molecule has 130 valence electrons. The number of aromatic nitrogens is 2. The molecule has 0 unspecified atom stereocenters. The Kier molecular flexibility index (Phi) is 4.74. The van der Waals surface area contributed by atoms with Crippen molar-refractivity contribution in [3.63, 3.8) is 0 Å². The maximum absolute atomic E-state index is 5.34. The molecule has 25 heavy (non-hydrogen) atoms. The average molecular weight is 341 g/mol. The fraction of sp³-hybridized carbons (Fsp3) is 0.222. The Balaban J connectivity index is 1.87. The van der Waals surface area contributed by atoms with Crippen LogP contribution in [-0.2, 0) is 0 Å². The van der Waals surface area contributed by atoms with E-state index in [1.807, 2.05) is 31.2 Å². The van der Waals surface area contributed by atoms with E-state index in [1.165, 1.54) is 0 Å². The van der Waals surface area contributed by atoms with Gasteiger partial charge < -0.3 is 24.1 Å². The number of ether oxygens (including phenoxy) is 3. The highest BCUT2D eigenvalue weighted by Crippen LogP contribution is 2.32. The first-order valence-corrected chi connectivity index (χ1v) is 7.62. The minimum Gasteiger partial charge on any atom is -0.495 e. The van der Waals surface area contributed by atoms with E-state index in [0.717, 1.165) is 16.8 Å². The quantitative estimate of drug-likeness (QED) is 0.730. The monoisotopic (exact) mass is 341 g/mol. The van der Waals surface area contributed by atoms with E-state index in [1.54, 1.807) is 33.5 Å². The molecule has 7 nitrogen and oxygen atoms in total. The predicted octanol–water partition coefficient (Wildman–Crippen LogP) is 3.81. The summed E-state index contributed by atoms with van der Waals surface area (Å²) >= 11 is 0. The van der Waals surface area contributed by atoms with Gasteiger partial charge in [0.25, 0.3) is 0 Å². The van der Waals surface area contributed by atoms with Gasteiger partial charge in [-0.3, -0.25) is 0 Å². The van der Waals surface area contributed by atoms with E-state index in [4.69, 9.17) is 18.7 Å². The summed E-state index contributed by atoms with van der Waals surface area (Å²) in [6.07, 6.45) is 0. The molecule has 2 aromatic carbocycles. The van der Waals surface area contributed by atoms with E-state index in [2.05, 4.69) is 15.5 Å². The zero-order chi connectivity index (χ0) is 17.8. The number of aryl methyl sites for hydroxylation is 1. The van der Waals surface area contributed by atoms with Crippen LogP contribution in [0.15, 0.2) is 40.9 Å². The Hall–Kier alpha value is -3.22. The third kappa shape index (κ3) is 3.50. The third-order valence-electron chi connectivity index (χ3n) is 3.66. The van der Waals surface area contributed by atoms with Gasteiger partial charge in [-0.15, -0.1) is 0 Å². The second kappa shape index (κ2) is 7.12. The minimum absolute atomic E-state index is 0.272. The Labute approximate surface area is 145 Å². The molecule has 1 aromatic heterocycles. The molecule has 0 aliphatic rings. The molecule has 0 spiro atoms. The lowest BCUT2D eigenvalue weighted by Gasteiger charge is -2.08. The number of rotatable bonds is 6. The average Bonchev–Trinajstić information content (AvgIpc) is 3.10. The highest BCUT2D eigenvalue weighted by molar-refractivity contribution is 5.65. The topological polar surface area (TPSA) is 78.6 Å². The molecule has 0 saturated carbocycles. The van der Waals surface area contributed by atoms with Crippen molar-refractivity contribution in [2.24, 2.45) is 0 Å². The molecule has 0 amide bonds. The van der Waals surface area contributed by atoms with Gasteiger partial charge in [0.05, 0.1) is 27.0 Å². The Morgan fingerprint density at radius 2 is 1.60 bits per heavy atom. The van der Waals surface area contributed by atoms with Gasteiger partial charge in [-0.25, -0.2) is 0 Å². The van der Waals surface area contributed by atoms with Gasteiger partial charge >= 0.3 is 6.01 Å². The predicted molar refractivity (Wildman–Crippen MR) is 93.9 cm³/mol. The van der Waals surface area contributed by atoms with Gasteiger partial charge in [0, 0.05) is 5.56 Å². The molecule has 0 atom stereocenters. The molecular weight excluding hydrogens is 322 g/mol. The Bertz CT molecular complexity index is 877. The summed E-state index contributed by atoms with van der Waals surface area (Å²) in [4.78, 5) is 4.37. The Morgan fingerprint density at radius 1 is 0.880 bits per heavy atom. The summed E-state index contributed by atoms with van der Waals surface area (Å²) in [5, 5.41) is 7.09. The third-order valence-corrected chi connectivity index (χ3v) is 3.66. The number of nitrogens with zero attached hydrogens (tertiary/aromatic N) is 2. The van der Waals surface area contributed by atoms with Crippen LogP contribution in [0, 0.1) is 6.92 Å². The van der Waals surface area contributed by atoms with Crippen LogP contribution in [0.2, 0.25) is 0 Å². The molecule has 0 fully saturated rings. The second-order valence-electron chi connectivity index (χ2n) is 5.32. The molecule has 0 aliphatic carbocycles. The van der Waals surface area contributed by atoms with Gasteiger partial charge in [-0.05, 0) is 42.8 Å². The fourth-order valence-electron chi connectivity index (χ4n) is 2.40. The number of methoxy groups -OCH3 is 3. The van der Waals surface area contributed by atoms with Crippen molar-refractivity contribution in [1.82, 2.24) is 10.1 Å². The lowest BCUT2D eigenvalue weighted by atomic mass is 10.2. The van der Waals surface area contributed by atoms with Crippen molar-refractivity contribution < 1.29 is 18.7 Å². The van der Waals surface area contributed by atoms with Crippen LogP contribution in [0.5, 0.6) is 17.2 Å². The van der Waals surface area contributed by atoms with Crippen LogP contribution in [0.3, 0.4) is 0 Å². The summed E-state index contributed by atoms with van der Waals surface area (Å²) < 4.78 is 21.2. The van der Waals surface area contributed by atoms with Gasteiger partial charge in [0.15, 0.2) is 11.5 Å². The highest BCUT2D eigenvalue weighted by atomic mass is 16.5. The second-order valence-corrected chi connectivity index (χ2v) is 5.32. The Morgan fingerprint density at radius 3 is 2.32 bits per heavy atom. The zero-order valence-corrected chi connectivity index (χ0v) is 14.5. The first-order valence-electron chi connectivity index (χ1n) is 7.62. The van der Waals surface area contributed by atoms with Crippen LogP contribution in [0.1, 0.15) is 5.56 Å². The zero-order valence-electron chi connectivity index (χ0n) is 14.5. The van der Waals surface area contributed by atoms with Gasteiger partial charge in [-0.1, -0.05) is 11.2 Å². The van der Waals surface area contributed by atoms with Gasteiger partial charge in [0.2, 0.25) is 5.82 Å². The summed E-state index contributed by atoms with van der Waals surface area (Å²) in [5.74, 6) is 2.36. The molecule has 1 heterocycles. The molecule has 0 saturated heterocycles. The van der Waals surface area contributed by atoms with Crippen LogP contribution >= 0.6 is 0 Å². The minimum atomic E-state index is 0.272. The fourth-order valence-corrected chi connectivity index (χ4v) is 2.40. The summed E-state index contributed by atoms with van der Waals surface area (Å²) in [5.41, 5.74) is 2.60. The standard InChI is InChI=1S/C18H19N3O4/c1-11-5-7-14(22-2)13(9-11)19-18-20-17(21-25-18)12-6-8-15(23-3)16(10-12)24-4/h5-10H,1-4H3,(H,19,20,21). The molecule has 1 N–H and O–H groups in total. The number of hydrogen-bond donors (Lipinski definition) is 1. The molecule has 0 radical (unpaired) electrons. The van der Waals surface area contributed by atoms with Crippen molar-refractivity contribution in [1.29, 1.82) is 0 Å². The number of hydrogen-bond acceptors (Lipinski definition) is 7. The molecule has 0 aliphatic heterocycles. The van der Waals surface area contributed by atoms with Gasteiger partial charge in [-0.2, -0.15) is 4.98 Å². The number of anilines is 2. The maximum Gasteiger partial charge on any atom is 0.326 e. The highest BCUT2D eigenvalue weighted by Gasteiger charge is 2.13. The molecule has 3 rings (SSSR count). The molecule has 0 bridgehead atoms. The number of benzene rings is 2. The van der Waals surface area contributed by atoms with E-state index in [-0.39, 0.29) is 6.01 Å². The van der Waals surface area contributed by atoms with Crippen molar-refractivity contribution >= 4 is 11.7 Å². The van der Waals surface area contributed by atoms with Gasteiger partial charge in [0.1, 0.15) is 5.75 Å². The van der Waals surface area contributed by atoms with E-state index in [0.29, 0.717) is 23.1 Å². The first kappa shape index (κ1) is 16.6. The largest absolute Gasteiger partial charge is 0.495 e. The van der Waals surface area contributed by atoms with E-state index < -0.39 is 0 Å². The van der Waals surface area contributed by atoms with Crippen LogP contribution in [0.4, 0.5) is 11.7 Å². The maximum atomic E-state index is 5.34. The van der Waals surface area contributed by atoms with Crippen molar-refractivity contribution in [2.45, 2.75) is 6.92 Å². The van der Waals surface area contributed by atoms with Crippen molar-refractivity contribution in [2.75, 3.05) is 26.6 Å². The van der Waals surface area contributed by atoms with E-state index in [9.17, 15) is 0 Å². The lowest BCUT2D eigenvalue weighted by molar-refractivity contribution is 0.355. The SMILES string of the molecule is COc1ccc(C)cc1Nc1nc(-c2ccc(OC)c(OC)c2)no1. The first-order chi connectivity index (χ1) is 12.1. The molecule has 3 aromatic rings. The smallest absolute Gasteiger partial charge is 0.326 e. The summed E-state index contributed by atoms with van der Waals surface area (Å²) in [6.45, 7) is 1.99. The molecule has 7 heteroatoms.